The fourth-order valence-corrected chi connectivity index (χ4v) is 2.52. The van der Waals surface area contributed by atoms with Crippen LogP contribution in [0.25, 0.3) is 0 Å². The summed E-state index contributed by atoms with van der Waals surface area (Å²) >= 11 is 5.73. The Labute approximate surface area is 156 Å². The van der Waals surface area contributed by atoms with E-state index in [0.717, 1.165) is 12.8 Å². The average Bonchev–Trinajstić information content (AvgIpc) is 3.44. The number of anilines is 1. The number of nitriles is 1. The number of benzene rings is 1. The third kappa shape index (κ3) is 5.33. The fraction of sp³-hybridized carbons (Fsp3) is 0.333. The summed E-state index contributed by atoms with van der Waals surface area (Å²) in [5, 5.41) is 11.7. The Balaban J connectivity index is 1.58. The van der Waals surface area contributed by atoms with Gasteiger partial charge in [0.1, 0.15) is 5.75 Å². The lowest BCUT2D eigenvalue weighted by Crippen LogP contribution is -2.37. The molecule has 0 radical (unpaired) electrons. The largest absolute Gasteiger partial charge is 0.439 e. The number of halogens is 1. The monoisotopic (exact) mass is 371 g/mol. The fourth-order valence-electron chi connectivity index (χ4n) is 2.38. The predicted molar refractivity (Wildman–Crippen MR) is 97.1 cm³/mol. The van der Waals surface area contributed by atoms with Crippen LogP contribution >= 0.6 is 11.6 Å². The number of ether oxygens (including phenoxy) is 1. The zero-order chi connectivity index (χ0) is 18.4. The van der Waals surface area contributed by atoms with Crippen LogP contribution in [0, 0.1) is 17.2 Å². The summed E-state index contributed by atoms with van der Waals surface area (Å²) in [6.07, 6.45) is 4.13. The van der Waals surface area contributed by atoms with Crippen molar-refractivity contribution in [1.82, 2.24) is 14.9 Å². The van der Waals surface area contributed by atoms with Crippen molar-refractivity contribution in [2.45, 2.75) is 19.3 Å². The molecule has 26 heavy (non-hydrogen) atoms. The standard InChI is InChI=1S/C18H18ClN5O2/c19-17-21-10-8-16(23-17)26-15-6-4-14(5-7-15)22-18(25)24(11-1-9-20)12-13-2-3-13/h4-8,10,13H,1-3,11-12H2,(H,22,25). The number of carbonyl (C=O) groups excluding carboxylic acids is 1. The maximum absolute atomic E-state index is 12.4. The van der Waals surface area contributed by atoms with Crippen molar-refractivity contribution < 1.29 is 9.53 Å². The minimum absolute atomic E-state index is 0.111. The molecule has 1 saturated carbocycles. The SMILES string of the molecule is N#CCCN(CC1CC1)C(=O)Nc1ccc(Oc2ccnc(Cl)n2)cc1. The van der Waals surface area contributed by atoms with Gasteiger partial charge in [0.05, 0.1) is 12.5 Å². The average molecular weight is 372 g/mol. The van der Waals surface area contributed by atoms with Gasteiger partial charge in [0.2, 0.25) is 11.2 Å². The summed E-state index contributed by atoms with van der Waals surface area (Å²) < 4.78 is 5.59. The van der Waals surface area contributed by atoms with Gasteiger partial charge in [0.15, 0.2) is 0 Å². The van der Waals surface area contributed by atoms with Crippen molar-refractivity contribution in [2.24, 2.45) is 5.92 Å². The number of rotatable bonds is 7. The quantitative estimate of drug-likeness (QED) is 0.740. The molecule has 7 nitrogen and oxygen atoms in total. The number of urea groups is 1. The zero-order valence-corrected chi connectivity index (χ0v) is 14.8. The van der Waals surface area contributed by atoms with Crippen molar-refractivity contribution in [3.63, 3.8) is 0 Å². The van der Waals surface area contributed by atoms with Gasteiger partial charge in [-0.15, -0.1) is 0 Å². The molecule has 3 rings (SSSR count). The Kier molecular flexibility index (Phi) is 5.87. The zero-order valence-electron chi connectivity index (χ0n) is 14.1. The lowest BCUT2D eigenvalue weighted by molar-refractivity contribution is 0.210. The molecule has 1 aliphatic rings. The first-order valence-electron chi connectivity index (χ1n) is 8.33. The summed E-state index contributed by atoms with van der Waals surface area (Å²) in [5.41, 5.74) is 0.654. The van der Waals surface area contributed by atoms with E-state index in [1.54, 1.807) is 35.2 Å². The molecular weight excluding hydrogens is 354 g/mol. The van der Waals surface area contributed by atoms with Crippen LogP contribution in [0.2, 0.25) is 5.28 Å². The third-order valence-corrected chi connectivity index (χ3v) is 4.07. The third-order valence-electron chi connectivity index (χ3n) is 3.88. The Bertz CT molecular complexity index is 802. The highest BCUT2D eigenvalue weighted by molar-refractivity contribution is 6.28. The normalized spacial score (nSPS) is 12.9. The van der Waals surface area contributed by atoms with Crippen LogP contribution in [0.15, 0.2) is 36.5 Å². The number of nitrogens with zero attached hydrogens (tertiary/aromatic N) is 4. The minimum atomic E-state index is -0.191. The Hall–Kier alpha value is -2.85. The lowest BCUT2D eigenvalue weighted by Gasteiger charge is -2.22. The van der Waals surface area contributed by atoms with E-state index in [4.69, 9.17) is 21.6 Å². The molecule has 1 aromatic heterocycles. The highest BCUT2D eigenvalue weighted by Crippen LogP contribution is 2.30. The van der Waals surface area contributed by atoms with Gasteiger partial charge in [-0.2, -0.15) is 10.2 Å². The van der Waals surface area contributed by atoms with E-state index in [1.807, 2.05) is 0 Å². The van der Waals surface area contributed by atoms with E-state index in [9.17, 15) is 4.79 Å². The molecule has 1 fully saturated rings. The smallest absolute Gasteiger partial charge is 0.321 e. The molecule has 1 aliphatic carbocycles. The molecule has 0 spiro atoms. The van der Waals surface area contributed by atoms with Gasteiger partial charge >= 0.3 is 6.03 Å². The first-order chi connectivity index (χ1) is 12.6. The van der Waals surface area contributed by atoms with Crippen molar-refractivity contribution >= 4 is 23.3 Å². The summed E-state index contributed by atoms with van der Waals surface area (Å²) in [5.74, 6) is 1.47. The second kappa shape index (κ2) is 8.50. The summed E-state index contributed by atoms with van der Waals surface area (Å²) in [4.78, 5) is 21.9. The van der Waals surface area contributed by atoms with Crippen molar-refractivity contribution in [3.8, 4) is 17.7 Å². The number of hydrogen-bond donors (Lipinski definition) is 1. The second-order valence-corrected chi connectivity index (χ2v) is 6.36. The first-order valence-corrected chi connectivity index (χ1v) is 8.71. The second-order valence-electron chi connectivity index (χ2n) is 6.02. The van der Waals surface area contributed by atoms with Gasteiger partial charge in [-0.25, -0.2) is 9.78 Å². The van der Waals surface area contributed by atoms with E-state index < -0.39 is 0 Å². The summed E-state index contributed by atoms with van der Waals surface area (Å²) in [6, 6.07) is 10.4. The molecule has 0 saturated heterocycles. The van der Waals surface area contributed by atoms with Crippen LogP contribution in [-0.4, -0.2) is 34.0 Å². The van der Waals surface area contributed by atoms with E-state index in [-0.39, 0.29) is 11.3 Å². The topological polar surface area (TPSA) is 91.1 Å². The number of hydrogen-bond acceptors (Lipinski definition) is 5. The number of aromatic nitrogens is 2. The molecule has 0 unspecified atom stereocenters. The molecule has 1 N–H and O–H groups in total. The first kappa shape index (κ1) is 18.0. The van der Waals surface area contributed by atoms with Gasteiger partial charge in [-0.05, 0) is 54.6 Å². The molecule has 2 amide bonds. The molecule has 0 atom stereocenters. The van der Waals surface area contributed by atoms with Crippen LogP contribution in [0.3, 0.4) is 0 Å². The minimum Gasteiger partial charge on any atom is -0.439 e. The maximum atomic E-state index is 12.4. The maximum Gasteiger partial charge on any atom is 0.321 e. The molecular formula is C18H18ClN5O2. The van der Waals surface area contributed by atoms with E-state index >= 15 is 0 Å². The number of carbonyl (C=O) groups is 1. The van der Waals surface area contributed by atoms with E-state index in [0.29, 0.717) is 42.7 Å². The lowest BCUT2D eigenvalue weighted by atomic mass is 10.3. The molecule has 0 bridgehead atoms. The number of amides is 2. The molecule has 0 aliphatic heterocycles. The van der Waals surface area contributed by atoms with E-state index in [2.05, 4.69) is 21.4 Å². The van der Waals surface area contributed by atoms with Crippen LogP contribution in [-0.2, 0) is 0 Å². The van der Waals surface area contributed by atoms with Gasteiger partial charge < -0.3 is 15.0 Å². The van der Waals surface area contributed by atoms with Gasteiger partial charge in [0, 0.05) is 31.0 Å². The Morgan fingerprint density at radius 3 is 2.77 bits per heavy atom. The van der Waals surface area contributed by atoms with Gasteiger partial charge in [-0.3, -0.25) is 0 Å². The van der Waals surface area contributed by atoms with Crippen LogP contribution < -0.4 is 10.1 Å². The Morgan fingerprint density at radius 1 is 1.35 bits per heavy atom. The molecule has 8 heteroatoms. The van der Waals surface area contributed by atoms with Crippen LogP contribution in [0.4, 0.5) is 10.5 Å². The molecule has 1 aromatic carbocycles. The van der Waals surface area contributed by atoms with E-state index in [1.165, 1.54) is 6.20 Å². The predicted octanol–water partition coefficient (Wildman–Crippen LogP) is 4.08. The van der Waals surface area contributed by atoms with Crippen LogP contribution in [0.5, 0.6) is 11.6 Å². The molecule has 134 valence electrons. The van der Waals surface area contributed by atoms with Crippen molar-refractivity contribution in [1.29, 1.82) is 5.26 Å². The highest BCUT2D eigenvalue weighted by atomic mass is 35.5. The number of nitrogens with one attached hydrogen (secondary N) is 1. The highest BCUT2D eigenvalue weighted by Gasteiger charge is 2.26. The molecule has 2 aromatic rings. The van der Waals surface area contributed by atoms with Gasteiger partial charge in [-0.1, -0.05) is 0 Å². The summed E-state index contributed by atoms with van der Waals surface area (Å²) in [6.45, 7) is 1.14. The summed E-state index contributed by atoms with van der Waals surface area (Å²) in [7, 11) is 0. The van der Waals surface area contributed by atoms with Crippen LogP contribution in [0.1, 0.15) is 19.3 Å². The van der Waals surface area contributed by atoms with Gasteiger partial charge in [0.25, 0.3) is 0 Å². The Morgan fingerprint density at radius 2 is 2.12 bits per heavy atom. The molecule has 1 heterocycles. The van der Waals surface area contributed by atoms with Crippen molar-refractivity contribution in [3.05, 3.63) is 41.8 Å². The van der Waals surface area contributed by atoms with Crippen molar-refractivity contribution in [2.75, 3.05) is 18.4 Å².